The summed E-state index contributed by atoms with van der Waals surface area (Å²) >= 11 is 0. The molecular formula is C19H21N. The summed E-state index contributed by atoms with van der Waals surface area (Å²) in [7, 11) is 0. The molecule has 0 aromatic heterocycles. The zero-order chi connectivity index (χ0) is 13.4. The summed E-state index contributed by atoms with van der Waals surface area (Å²) in [5, 5.41) is 3.54. The van der Waals surface area contributed by atoms with Gasteiger partial charge in [-0.2, -0.15) is 0 Å². The zero-order valence-corrected chi connectivity index (χ0v) is 11.9. The number of rotatable bonds is 1. The largest absolute Gasteiger partial charge is 0.316 e. The maximum atomic E-state index is 3.54. The van der Waals surface area contributed by atoms with E-state index in [1.165, 1.54) is 31.2 Å². The van der Waals surface area contributed by atoms with Crippen LogP contribution in [-0.2, 0) is 19.3 Å². The summed E-state index contributed by atoms with van der Waals surface area (Å²) in [4.78, 5) is 0. The Balaban J connectivity index is 1.84. The van der Waals surface area contributed by atoms with Gasteiger partial charge in [0.05, 0.1) is 0 Å². The molecule has 1 heterocycles. The second kappa shape index (κ2) is 5.06. The minimum atomic E-state index is 0.624. The molecule has 0 bridgehead atoms. The van der Waals surface area contributed by atoms with Crippen LogP contribution in [0.3, 0.4) is 0 Å². The van der Waals surface area contributed by atoms with Crippen LogP contribution < -0.4 is 5.32 Å². The summed E-state index contributed by atoms with van der Waals surface area (Å²) in [6.07, 6.45) is 4.91. The molecule has 0 saturated carbocycles. The second-order valence-corrected chi connectivity index (χ2v) is 6.03. The Kier molecular flexibility index (Phi) is 3.08. The molecule has 0 spiro atoms. The molecule has 20 heavy (non-hydrogen) atoms. The van der Waals surface area contributed by atoms with Crippen LogP contribution in [-0.4, -0.2) is 13.1 Å². The van der Waals surface area contributed by atoms with Gasteiger partial charge >= 0.3 is 0 Å². The monoisotopic (exact) mass is 263 g/mol. The van der Waals surface area contributed by atoms with Crippen LogP contribution in [0.2, 0.25) is 0 Å². The normalized spacial score (nSPS) is 21.1. The van der Waals surface area contributed by atoms with Crippen molar-refractivity contribution in [3.05, 3.63) is 70.3 Å². The Bertz CT molecular complexity index is 615. The summed E-state index contributed by atoms with van der Waals surface area (Å²) in [6, 6.07) is 15.8. The maximum Gasteiger partial charge on any atom is 0.00980 e. The molecule has 1 N–H and O–H groups in total. The SMILES string of the molecule is c1ccc(C2CCc3ccc4c(c32)CCNCC4)cc1. The molecule has 0 amide bonds. The van der Waals surface area contributed by atoms with E-state index >= 15 is 0 Å². The molecule has 4 rings (SSSR count). The van der Waals surface area contributed by atoms with Gasteiger partial charge < -0.3 is 5.32 Å². The first-order chi connectivity index (χ1) is 9.93. The molecule has 1 aliphatic heterocycles. The summed E-state index contributed by atoms with van der Waals surface area (Å²) in [6.45, 7) is 2.26. The van der Waals surface area contributed by atoms with E-state index in [-0.39, 0.29) is 0 Å². The fourth-order valence-electron chi connectivity index (χ4n) is 3.96. The van der Waals surface area contributed by atoms with E-state index in [0.717, 1.165) is 13.1 Å². The highest BCUT2D eigenvalue weighted by atomic mass is 14.8. The lowest BCUT2D eigenvalue weighted by Gasteiger charge is -2.18. The lowest BCUT2D eigenvalue weighted by Crippen LogP contribution is -2.16. The molecule has 2 aliphatic rings. The van der Waals surface area contributed by atoms with Crippen LogP contribution in [0.15, 0.2) is 42.5 Å². The van der Waals surface area contributed by atoms with Gasteiger partial charge in [-0.15, -0.1) is 0 Å². The van der Waals surface area contributed by atoms with Crippen molar-refractivity contribution in [2.24, 2.45) is 0 Å². The molecule has 0 radical (unpaired) electrons. The summed E-state index contributed by atoms with van der Waals surface area (Å²) < 4.78 is 0. The van der Waals surface area contributed by atoms with Gasteiger partial charge in [0.2, 0.25) is 0 Å². The fourth-order valence-corrected chi connectivity index (χ4v) is 3.96. The highest BCUT2D eigenvalue weighted by molar-refractivity contribution is 5.50. The Morgan fingerprint density at radius 2 is 1.60 bits per heavy atom. The molecule has 1 unspecified atom stereocenters. The number of fused-ring (bicyclic) bond motifs is 3. The number of benzene rings is 2. The van der Waals surface area contributed by atoms with Crippen molar-refractivity contribution in [1.82, 2.24) is 5.32 Å². The first kappa shape index (κ1) is 12.2. The minimum Gasteiger partial charge on any atom is -0.316 e. The Labute approximate surface area is 121 Å². The quantitative estimate of drug-likeness (QED) is 0.831. The van der Waals surface area contributed by atoms with Gasteiger partial charge in [0.25, 0.3) is 0 Å². The van der Waals surface area contributed by atoms with Crippen molar-refractivity contribution >= 4 is 0 Å². The van der Waals surface area contributed by atoms with Crippen LogP contribution in [0.25, 0.3) is 0 Å². The van der Waals surface area contributed by atoms with Crippen LogP contribution >= 0.6 is 0 Å². The van der Waals surface area contributed by atoms with Crippen LogP contribution in [0.1, 0.15) is 40.2 Å². The van der Waals surface area contributed by atoms with Crippen LogP contribution in [0.5, 0.6) is 0 Å². The highest BCUT2D eigenvalue weighted by Crippen LogP contribution is 2.41. The number of aryl methyl sites for hydroxylation is 1. The molecule has 2 aromatic rings. The smallest absolute Gasteiger partial charge is 0.00980 e. The van der Waals surface area contributed by atoms with E-state index in [1.807, 2.05) is 0 Å². The van der Waals surface area contributed by atoms with Gasteiger partial charge in [-0.3, -0.25) is 0 Å². The van der Waals surface area contributed by atoms with E-state index in [2.05, 4.69) is 47.8 Å². The average Bonchev–Trinajstić information content (AvgIpc) is 2.79. The molecule has 0 fully saturated rings. The summed E-state index contributed by atoms with van der Waals surface area (Å²) in [5.41, 5.74) is 7.99. The lowest BCUT2D eigenvalue weighted by molar-refractivity contribution is 0.708. The molecule has 2 aromatic carbocycles. The minimum absolute atomic E-state index is 0.624. The molecule has 1 atom stereocenters. The molecular weight excluding hydrogens is 242 g/mol. The van der Waals surface area contributed by atoms with E-state index in [9.17, 15) is 0 Å². The predicted molar refractivity (Wildman–Crippen MR) is 83.3 cm³/mol. The first-order valence-corrected chi connectivity index (χ1v) is 7.82. The van der Waals surface area contributed by atoms with Crippen molar-refractivity contribution in [1.29, 1.82) is 0 Å². The lowest BCUT2D eigenvalue weighted by atomic mass is 9.86. The molecule has 1 aliphatic carbocycles. The standard InChI is InChI=1S/C19H21N/c1-2-4-14(5-3-1)17-9-8-16-7-6-15-10-12-20-13-11-18(15)19(16)17/h1-7,17,20H,8-13H2. The van der Waals surface area contributed by atoms with Gasteiger partial charge in [-0.05, 0) is 66.6 Å². The highest BCUT2D eigenvalue weighted by Gasteiger charge is 2.28. The zero-order valence-electron chi connectivity index (χ0n) is 11.9. The topological polar surface area (TPSA) is 12.0 Å². The number of hydrogen-bond acceptors (Lipinski definition) is 1. The maximum absolute atomic E-state index is 3.54. The molecule has 1 nitrogen and oxygen atoms in total. The van der Waals surface area contributed by atoms with E-state index in [0.29, 0.717) is 5.92 Å². The van der Waals surface area contributed by atoms with Crippen LogP contribution in [0.4, 0.5) is 0 Å². The third-order valence-corrected chi connectivity index (χ3v) is 4.92. The average molecular weight is 263 g/mol. The van der Waals surface area contributed by atoms with Crippen molar-refractivity contribution in [3.8, 4) is 0 Å². The third kappa shape index (κ3) is 1.97. The number of hydrogen-bond donors (Lipinski definition) is 1. The Hall–Kier alpha value is -1.60. The van der Waals surface area contributed by atoms with Crippen molar-refractivity contribution in [2.75, 3.05) is 13.1 Å². The molecule has 0 saturated heterocycles. The Morgan fingerprint density at radius 1 is 0.800 bits per heavy atom. The summed E-state index contributed by atoms with van der Waals surface area (Å²) in [5.74, 6) is 0.624. The van der Waals surface area contributed by atoms with Gasteiger partial charge in [0.15, 0.2) is 0 Å². The first-order valence-electron chi connectivity index (χ1n) is 7.82. The van der Waals surface area contributed by atoms with Crippen molar-refractivity contribution in [3.63, 3.8) is 0 Å². The van der Waals surface area contributed by atoms with Crippen molar-refractivity contribution in [2.45, 2.75) is 31.6 Å². The van der Waals surface area contributed by atoms with E-state index in [1.54, 1.807) is 22.3 Å². The molecule has 1 heteroatoms. The fraction of sp³-hybridized carbons (Fsp3) is 0.368. The van der Waals surface area contributed by atoms with Gasteiger partial charge in [0.1, 0.15) is 0 Å². The van der Waals surface area contributed by atoms with Gasteiger partial charge in [-0.1, -0.05) is 42.5 Å². The van der Waals surface area contributed by atoms with Crippen molar-refractivity contribution < 1.29 is 0 Å². The second-order valence-electron chi connectivity index (χ2n) is 6.03. The molecule has 102 valence electrons. The van der Waals surface area contributed by atoms with E-state index in [4.69, 9.17) is 0 Å². The van der Waals surface area contributed by atoms with Crippen LogP contribution in [0, 0.1) is 0 Å². The third-order valence-electron chi connectivity index (χ3n) is 4.92. The predicted octanol–water partition coefficient (Wildman–Crippen LogP) is 3.45. The van der Waals surface area contributed by atoms with E-state index < -0.39 is 0 Å². The number of nitrogens with one attached hydrogen (secondary N) is 1. The Morgan fingerprint density at radius 3 is 2.50 bits per heavy atom. The van der Waals surface area contributed by atoms with Gasteiger partial charge in [-0.25, -0.2) is 0 Å². The van der Waals surface area contributed by atoms with Gasteiger partial charge in [0, 0.05) is 5.92 Å².